The van der Waals surface area contributed by atoms with E-state index in [1.54, 1.807) is 30.3 Å². The third-order valence-electron chi connectivity index (χ3n) is 3.60. The molecule has 0 saturated carbocycles. The van der Waals surface area contributed by atoms with E-state index in [9.17, 15) is 14.7 Å². The first-order valence-electron chi connectivity index (χ1n) is 8.06. The van der Waals surface area contributed by atoms with Gasteiger partial charge in [-0.25, -0.2) is 4.79 Å². The number of nitrogens with one attached hydrogen (secondary N) is 1. The number of carboxylic acid groups (broad SMARTS) is 1. The molecular formula is C19H20ClNO5. The van der Waals surface area contributed by atoms with E-state index in [0.29, 0.717) is 23.7 Å². The molecule has 0 aromatic heterocycles. The van der Waals surface area contributed by atoms with E-state index >= 15 is 0 Å². The summed E-state index contributed by atoms with van der Waals surface area (Å²) >= 11 is 6.21. The van der Waals surface area contributed by atoms with Gasteiger partial charge in [-0.15, -0.1) is 0 Å². The van der Waals surface area contributed by atoms with Crippen molar-refractivity contribution in [3.63, 3.8) is 0 Å². The zero-order valence-electron chi connectivity index (χ0n) is 14.5. The number of methoxy groups -OCH3 is 1. The molecule has 0 heterocycles. The van der Waals surface area contributed by atoms with E-state index in [2.05, 4.69) is 5.32 Å². The molecule has 0 spiro atoms. The van der Waals surface area contributed by atoms with Crippen LogP contribution in [0.15, 0.2) is 42.5 Å². The van der Waals surface area contributed by atoms with Crippen LogP contribution in [0.25, 0.3) is 0 Å². The van der Waals surface area contributed by atoms with Crippen LogP contribution in [0.3, 0.4) is 0 Å². The number of carbonyl (C=O) groups excluding carboxylic acids is 1. The highest BCUT2D eigenvalue weighted by atomic mass is 35.5. The van der Waals surface area contributed by atoms with Crippen molar-refractivity contribution in [3.8, 4) is 11.5 Å². The molecule has 2 rings (SSSR count). The van der Waals surface area contributed by atoms with Gasteiger partial charge in [-0.2, -0.15) is 0 Å². The predicted molar refractivity (Wildman–Crippen MR) is 98.1 cm³/mol. The van der Waals surface area contributed by atoms with Gasteiger partial charge >= 0.3 is 5.97 Å². The van der Waals surface area contributed by atoms with Crippen LogP contribution in [0, 0.1) is 0 Å². The average Bonchev–Trinajstić information content (AvgIpc) is 2.64. The molecule has 138 valence electrons. The van der Waals surface area contributed by atoms with Crippen LogP contribution >= 0.6 is 11.6 Å². The molecule has 1 atom stereocenters. The van der Waals surface area contributed by atoms with E-state index in [1.807, 2.05) is 6.92 Å². The Morgan fingerprint density at radius 2 is 1.92 bits per heavy atom. The maximum absolute atomic E-state index is 12.5. The molecule has 0 bridgehead atoms. The summed E-state index contributed by atoms with van der Waals surface area (Å²) in [6.07, 6.45) is 0.791. The summed E-state index contributed by atoms with van der Waals surface area (Å²) in [7, 11) is 1.44. The molecule has 0 fully saturated rings. The van der Waals surface area contributed by atoms with Gasteiger partial charge in [0.15, 0.2) is 17.5 Å². The second-order valence-electron chi connectivity index (χ2n) is 5.49. The average molecular weight is 378 g/mol. The number of hydrogen-bond acceptors (Lipinski definition) is 4. The van der Waals surface area contributed by atoms with Crippen LogP contribution in [-0.4, -0.2) is 30.7 Å². The summed E-state index contributed by atoms with van der Waals surface area (Å²) in [5, 5.41) is 12.1. The summed E-state index contributed by atoms with van der Waals surface area (Å²) in [4.78, 5) is 24.1. The third kappa shape index (κ3) is 4.67. The van der Waals surface area contributed by atoms with Crippen LogP contribution in [0.2, 0.25) is 5.02 Å². The smallest absolute Gasteiger partial charge is 0.330 e. The lowest BCUT2D eigenvalue weighted by Crippen LogP contribution is -2.33. The fourth-order valence-electron chi connectivity index (χ4n) is 2.34. The van der Waals surface area contributed by atoms with E-state index in [4.69, 9.17) is 21.1 Å². The van der Waals surface area contributed by atoms with E-state index < -0.39 is 17.9 Å². The molecule has 0 saturated heterocycles. The van der Waals surface area contributed by atoms with Gasteiger partial charge in [-0.05, 0) is 24.1 Å². The van der Waals surface area contributed by atoms with Gasteiger partial charge in [-0.1, -0.05) is 48.9 Å². The normalized spacial score (nSPS) is 11.5. The number of ether oxygens (including phenoxy) is 2. The molecular weight excluding hydrogens is 358 g/mol. The van der Waals surface area contributed by atoms with Crippen LogP contribution in [0.5, 0.6) is 11.5 Å². The Morgan fingerprint density at radius 3 is 2.50 bits per heavy atom. The van der Waals surface area contributed by atoms with Gasteiger partial charge in [0.2, 0.25) is 0 Å². The Kier molecular flexibility index (Phi) is 6.86. The fraction of sp³-hybridized carbons (Fsp3) is 0.263. The summed E-state index contributed by atoms with van der Waals surface area (Å²) in [6, 6.07) is 10.2. The van der Waals surface area contributed by atoms with Gasteiger partial charge in [0.05, 0.1) is 18.7 Å². The highest BCUT2D eigenvalue weighted by Crippen LogP contribution is 2.36. The minimum atomic E-state index is -1.18. The van der Waals surface area contributed by atoms with Gasteiger partial charge < -0.3 is 19.9 Å². The van der Waals surface area contributed by atoms with Crippen LogP contribution in [-0.2, 0) is 4.79 Å². The van der Waals surface area contributed by atoms with E-state index in [1.165, 1.54) is 19.2 Å². The lowest BCUT2D eigenvalue weighted by molar-refractivity contribution is -0.139. The largest absolute Gasteiger partial charge is 0.493 e. The highest BCUT2D eigenvalue weighted by Gasteiger charge is 2.24. The molecule has 7 heteroatoms. The Labute approximate surface area is 156 Å². The standard InChI is InChI=1S/C19H20ClNO5/c1-3-9-26-17-14(20)10-13(11-15(17)25-2)18(22)21-16(19(23)24)12-7-5-4-6-8-12/h4-8,10-11,16H,3,9H2,1-2H3,(H,21,22)(H,23,24)/t16-/m0/s1. The number of halogens is 1. The number of amides is 1. The first-order valence-corrected chi connectivity index (χ1v) is 8.44. The molecule has 6 nitrogen and oxygen atoms in total. The van der Waals surface area contributed by atoms with Crippen LogP contribution in [0.4, 0.5) is 0 Å². The van der Waals surface area contributed by atoms with E-state index in [0.717, 1.165) is 6.42 Å². The van der Waals surface area contributed by atoms with Gasteiger partial charge in [0.25, 0.3) is 5.91 Å². The monoisotopic (exact) mass is 377 g/mol. The van der Waals surface area contributed by atoms with Crippen molar-refractivity contribution in [1.29, 1.82) is 0 Å². The lowest BCUT2D eigenvalue weighted by Gasteiger charge is -2.17. The molecule has 26 heavy (non-hydrogen) atoms. The summed E-state index contributed by atoms with van der Waals surface area (Å²) < 4.78 is 10.8. The Balaban J connectivity index is 2.28. The van der Waals surface area contributed by atoms with Crippen molar-refractivity contribution in [3.05, 3.63) is 58.6 Å². The minimum Gasteiger partial charge on any atom is -0.493 e. The third-order valence-corrected chi connectivity index (χ3v) is 3.88. The Morgan fingerprint density at radius 1 is 1.23 bits per heavy atom. The number of rotatable bonds is 8. The SMILES string of the molecule is CCCOc1c(Cl)cc(C(=O)N[C@H](C(=O)O)c2ccccc2)cc1OC. The molecule has 2 N–H and O–H groups in total. The van der Waals surface area contributed by atoms with Gasteiger partial charge in [0, 0.05) is 5.56 Å². The number of benzene rings is 2. The number of carbonyl (C=O) groups is 2. The lowest BCUT2D eigenvalue weighted by atomic mass is 10.1. The van der Waals surface area contributed by atoms with Crippen LogP contribution in [0.1, 0.15) is 35.3 Å². The summed E-state index contributed by atoms with van der Waals surface area (Å²) in [6.45, 7) is 2.41. The number of aliphatic carboxylic acids is 1. The predicted octanol–water partition coefficient (Wildman–Crippen LogP) is 3.69. The van der Waals surface area contributed by atoms with Gasteiger partial charge in [0.1, 0.15) is 0 Å². The molecule has 0 aliphatic carbocycles. The van der Waals surface area contributed by atoms with Crippen molar-refractivity contribution in [2.24, 2.45) is 0 Å². The Bertz CT molecular complexity index is 779. The molecule has 0 radical (unpaired) electrons. The van der Waals surface area contributed by atoms with E-state index in [-0.39, 0.29) is 10.6 Å². The number of hydrogen-bond donors (Lipinski definition) is 2. The minimum absolute atomic E-state index is 0.179. The molecule has 2 aromatic rings. The maximum Gasteiger partial charge on any atom is 0.330 e. The highest BCUT2D eigenvalue weighted by molar-refractivity contribution is 6.32. The van der Waals surface area contributed by atoms with Crippen molar-refractivity contribution in [2.75, 3.05) is 13.7 Å². The topological polar surface area (TPSA) is 84.9 Å². The zero-order chi connectivity index (χ0) is 19.1. The maximum atomic E-state index is 12.5. The second kappa shape index (κ2) is 9.10. The summed E-state index contributed by atoms with van der Waals surface area (Å²) in [5.74, 6) is -1.08. The first kappa shape index (κ1) is 19.6. The zero-order valence-corrected chi connectivity index (χ0v) is 15.2. The second-order valence-corrected chi connectivity index (χ2v) is 5.90. The molecule has 0 unspecified atom stereocenters. The number of carboxylic acids is 1. The molecule has 1 amide bonds. The van der Waals surface area contributed by atoms with Crippen molar-refractivity contribution in [2.45, 2.75) is 19.4 Å². The fourth-order valence-corrected chi connectivity index (χ4v) is 2.61. The first-order chi connectivity index (χ1) is 12.5. The van der Waals surface area contributed by atoms with Crippen molar-refractivity contribution < 1.29 is 24.2 Å². The molecule has 0 aliphatic rings. The van der Waals surface area contributed by atoms with Gasteiger partial charge in [-0.3, -0.25) is 4.79 Å². The van der Waals surface area contributed by atoms with Crippen molar-refractivity contribution in [1.82, 2.24) is 5.32 Å². The summed E-state index contributed by atoms with van der Waals surface area (Å²) in [5.41, 5.74) is 0.646. The molecule has 2 aromatic carbocycles. The molecule has 0 aliphatic heterocycles. The quantitative estimate of drug-likeness (QED) is 0.732. The van der Waals surface area contributed by atoms with Crippen LogP contribution < -0.4 is 14.8 Å². The van der Waals surface area contributed by atoms with Crippen molar-refractivity contribution >= 4 is 23.5 Å². The Hall–Kier alpha value is -2.73.